The summed E-state index contributed by atoms with van der Waals surface area (Å²) >= 11 is 0. The summed E-state index contributed by atoms with van der Waals surface area (Å²) in [6.45, 7) is 7.84. The normalized spacial score (nSPS) is 24.0. The molecule has 3 atom stereocenters. The zero-order valence-electron chi connectivity index (χ0n) is 14.2. The number of aliphatic hydroxyl groups excluding tert-OH is 1. The fraction of sp³-hybridized carbons (Fsp3) is 0.667. The number of piperidine rings is 1. The van der Waals surface area contributed by atoms with Crippen LogP contribution >= 0.6 is 0 Å². The quantitative estimate of drug-likeness (QED) is 0.877. The first-order chi connectivity index (χ1) is 10.5. The molecule has 0 radical (unpaired) electrons. The SMILES string of the molecule is COc1ccc(C(O)CCN2CC(C)CC(C)C2)cc1OC. The van der Waals surface area contributed by atoms with E-state index < -0.39 is 6.10 Å². The van der Waals surface area contributed by atoms with Gasteiger partial charge in [0, 0.05) is 19.6 Å². The van der Waals surface area contributed by atoms with Gasteiger partial charge in [-0.15, -0.1) is 0 Å². The Hall–Kier alpha value is -1.26. The van der Waals surface area contributed by atoms with Crippen LogP contribution in [-0.4, -0.2) is 43.9 Å². The average Bonchev–Trinajstić information content (AvgIpc) is 2.51. The maximum atomic E-state index is 10.4. The first-order valence-corrected chi connectivity index (χ1v) is 8.15. The van der Waals surface area contributed by atoms with E-state index in [9.17, 15) is 5.11 Å². The van der Waals surface area contributed by atoms with Gasteiger partial charge < -0.3 is 19.5 Å². The number of hydrogen-bond donors (Lipinski definition) is 1. The van der Waals surface area contributed by atoms with E-state index in [1.807, 2.05) is 18.2 Å². The smallest absolute Gasteiger partial charge is 0.161 e. The summed E-state index contributed by atoms with van der Waals surface area (Å²) in [4.78, 5) is 2.48. The van der Waals surface area contributed by atoms with Crippen molar-refractivity contribution in [2.24, 2.45) is 11.8 Å². The van der Waals surface area contributed by atoms with Crippen molar-refractivity contribution >= 4 is 0 Å². The van der Waals surface area contributed by atoms with Gasteiger partial charge in [-0.25, -0.2) is 0 Å². The van der Waals surface area contributed by atoms with E-state index in [-0.39, 0.29) is 0 Å². The van der Waals surface area contributed by atoms with Gasteiger partial charge in [-0.2, -0.15) is 0 Å². The lowest BCUT2D eigenvalue weighted by Gasteiger charge is -2.35. The summed E-state index contributed by atoms with van der Waals surface area (Å²) in [6, 6.07) is 5.63. The van der Waals surface area contributed by atoms with E-state index >= 15 is 0 Å². The predicted octanol–water partition coefficient (Wildman–Crippen LogP) is 3.11. The first-order valence-electron chi connectivity index (χ1n) is 8.15. The van der Waals surface area contributed by atoms with Gasteiger partial charge in [0.05, 0.1) is 20.3 Å². The van der Waals surface area contributed by atoms with Crippen LogP contribution < -0.4 is 9.47 Å². The van der Waals surface area contributed by atoms with Crippen LogP contribution in [-0.2, 0) is 0 Å². The molecular formula is C18H29NO3. The van der Waals surface area contributed by atoms with Crippen molar-refractivity contribution in [1.82, 2.24) is 4.90 Å². The molecule has 124 valence electrons. The Morgan fingerprint density at radius 2 is 1.77 bits per heavy atom. The van der Waals surface area contributed by atoms with Crippen molar-refractivity contribution in [2.75, 3.05) is 33.9 Å². The third kappa shape index (κ3) is 4.37. The third-order valence-electron chi connectivity index (χ3n) is 4.46. The molecule has 1 heterocycles. The van der Waals surface area contributed by atoms with E-state index in [0.29, 0.717) is 11.5 Å². The molecule has 0 spiro atoms. The lowest BCUT2D eigenvalue weighted by atomic mass is 9.91. The van der Waals surface area contributed by atoms with Crippen LogP contribution in [0.5, 0.6) is 11.5 Å². The van der Waals surface area contributed by atoms with Gasteiger partial charge >= 0.3 is 0 Å². The van der Waals surface area contributed by atoms with Crippen molar-refractivity contribution in [3.8, 4) is 11.5 Å². The summed E-state index contributed by atoms with van der Waals surface area (Å²) in [5.41, 5.74) is 0.885. The van der Waals surface area contributed by atoms with Gasteiger partial charge in [-0.3, -0.25) is 0 Å². The van der Waals surface area contributed by atoms with Crippen molar-refractivity contribution in [1.29, 1.82) is 0 Å². The molecule has 1 fully saturated rings. The van der Waals surface area contributed by atoms with Crippen molar-refractivity contribution in [3.63, 3.8) is 0 Å². The van der Waals surface area contributed by atoms with Crippen LogP contribution in [0.25, 0.3) is 0 Å². The van der Waals surface area contributed by atoms with Gasteiger partial charge in [-0.05, 0) is 42.4 Å². The molecule has 1 aromatic carbocycles. The number of rotatable bonds is 6. The molecule has 1 aliphatic heterocycles. The molecule has 2 rings (SSSR count). The minimum Gasteiger partial charge on any atom is -0.493 e. The van der Waals surface area contributed by atoms with Crippen LogP contribution in [0.2, 0.25) is 0 Å². The second-order valence-corrected chi connectivity index (χ2v) is 6.62. The number of hydrogen-bond acceptors (Lipinski definition) is 4. The standard InChI is InChI=1S/C18H29NO3/c1-13-9-14(2)12-19(11-13)8-7-16(20)15-5-6-17(21-3)18(10-15)22-4/h5-6,10,13-14,16,20H,7-9,11-12H2,1-4H3. The lowest BCUT2D eigenvalue weighted by molar-refractivity contribution is 0.103. The maximum absolute atomic E-state index is 10.4. The zero-order chi connectivity index (χ0) is 16.1. The van der Waals surface area contributed by atoms with Gasteiger partial charge in [0.1, 0.15) is 0 Å². The molecule has 0 aromatic heterocycles. The summed E-state index contributed by atoms with van der Waals surface area (Å²) in [6.07, 6.45) is 1.59. The highest BCUT2D eigenvalue weighted by atomic mass is 16.5. The Balaban J connectivity index is 1.93. The summed E-state index contributed by atoms with van der Waals surface area (Å²) in [7, 11) is 3.23. The Morgan fingerprint density at radius 3 is 2.36 bits per heavy atom. The molecular weight excluding hydrogens is 278 g/mol. The van der Waals surface area contributed by atoms with E-state index in [1.165, 1.54) is 6.42 Å². The highest BCUT2D eigenvalue weighted by molar-refractivity contribution is 5.43. The number of methoxy groups -OCH3 is 2. The van der Waals surface area contributed by atoms with Gasteiger partial charge in [0.2, 0.25) is 0 Å². The van der Waals surface area contributed by atoms with Crippen LogP contribution in [0.3, 0.4) is 0 Å². The monoisotopic (exact) mass is 307 g/mol. The Morgan fingerprint density at radius 1 is 1.14 bits per heavy atom. The number of ether oxygens (including phenoxy) is 2. The molecule has 0 aliphatic carbocycles. The van der Waals surface area contributed by atoms with Crippen LogP contribution in [0.4, 0.5) is 0 Å². The van der Waals surface area contributed by atoms with E-state index in [2.05, 4.69) is 18.7 Å². The maximum Gasteiger partial charge on any atom is 0.161 e. The van der Waals surface area contributed by atoms with E-state index in [0.717, 1.165) is 43.5 Å². The molecule has 0 amide bonds. The van der Waals surface area contributed by atoms with Crippen molar-refractivity contribution in [2.45, 2.75) is 32.8 Å². The predicted molar refractivity (Wildman–Crippen MR) is 88.5 cm³/mol. The van der Waals surface area contributed by atoms with E-state index in [1.54, 1.807) is 14.2 Å². The fourth-order valence-electron chi connectivity index (χ4n) is 3.51. The number of nitrogens with zero attached hydrogens (tertiary/aromatic N) is 1. The summed E-state index contributed by atoms with van der Waals surface area (Å²) in [5.74, 6) is 2.86. The van der Waals surface area contributed by atoms with Crippen LogP contribution in [0.1, 0.15) is 38.4 Å². The van der Waals surface area contributed by atoms with Gasteiger partial charge in [0.15, 0.2) is 11.5 Å². The highest BCUT2D eigenvalue weighted by Crippen LogP contribution is 2.31. The van der Waals surface area contributed by atoms with Crippen molar-refractivity contribution < 1.29 is 14.6 Å². The fourth-order valence-corrected chi connectivity index (χ4v) is 3.51. The topological polar surface area (TPSA) is 41.9 Å². The minimum atomic E-state index is -0.465. The molecule has 1 N–H and O–H groups in total. The Labute approximate surface area is 134 Å². The third-order valence-corrected chi connectivity index (χ3v) is 4.46. The molecule has 0 bridgehead atoms. The molecule has 0 saturated carbocycles. The Kier molecular flexibility index (Phi) is 6.09. The van der Waals surface area contributed by atoms with Crippen LogP contribution in [0, 0.1) is 11.8 Å². The summed E-state index contributed by atoms with van der Waals surface area (Å²) < 4.78 is 10.5. The molecule has 3 unspecified atom stereocenters. The number of likely N-dealkylation sites (tertiary alicyclic amines) is 1. The largest absolute Gasteiger partial charge is 0.493 e. The van der Waals surface area contributed by atoms with Crippen molar-refractivity contribution in [3.05, 3.63) is 23.8 Å². The molecule has 22 heavy (non-hydrogen) atoms. The second-order valence-electron chi connectivity index (χ2n) is 6.62. The van der Waals surface area contributed by atoms with Gasteiger partial charge in [0.25, 0.3) is 0 Å². The van der Waals surface area contributed by atoms with E-state index in [4.69, 9.17) is 9.47 Å². The highest BCUT2D eigenvalue weighted by Gasteiger charge is 2.22. The Bertz CT molecular complexity index is 467. The minimum absolute atomic E-state index is 0.465. The number of aliphatic hydroxyl groups is 1. The number of benzene rings is 1. The average molecular weight is 307 g/mol. The summed E-state index contributed by atoms with van der Waals surface area (Å²) in [5, 5.41) is 10.4. The second kappa shape index (κ2) is 7.84. The molecule has 1 aromatic rings. The van der Waals surface area contributed by atoms with Gasteiger partial charge in [-0.1, -0.05) is 19.9 Å². The zero-order valence-corrected chi connectivity index (χ0v) is 14.2. The first kappa shape index (κ1) is 17.1. The molecule has 1 aliphatic rings. The molecule has 4 heteroatoms. The lowest BCUT2D eigenvalue weighted by Crippen LogP contribution is -2.39. The molecule has 4 nitrogen and oxygen atoms in total. The van der Waals surface area contributed by atoms with Crippen LogP contribution in [0.15, 0.2) is 18.2 Å². The molecule has 1 saturated heterocycles.